The fraction of sp³-hybridized carbons (Fsp3) is 0.833. The molecule has 0 aliphatic rings. The number of ether oxygens (including phenoxy) is 4. The maximum atomic E-state index is 12.8. The summed E-state index contributed by atoms with van der Waals surface area (Å²) in [6.45, 7) is 4.74. The van der Waals surface area contributed by atoms with Crippen LogP contribution in [0.3, 0.4) is 0 Å². The average Bonchev–Trinajstić information content (AvgIpc) is 3.24. The van der Waals surface area contributed by atoms with Crippen molar-refractivity contribution in [3.63, 3.8) is 0 Å². The van der Waals surface area contributed by atoms with E-state index < -0.39 is 24.3 Å². The van der Waals surface area contributed by atoms with Crippen molar-refractivity contribution in [1.29, 1.82) is 0 Å². The third-order valence-corrected chi connectivity index (χ3v) is 11.4. The molecule has 368 valence electrons. The highest BCUT2D eigenvalue weighted by Gasteiger charge is 2.22. The minimum absolute atomic E-state index is 0.149. The van der Waals surface area contributed by atoms with Gasteiger partial charge in [0.05, 0.1) is 40.3 Å². The zero-order chi connectivity index (χ0) is 46.3. The number of likely N-dealkylation sites (N-methyl/N-ethyl adjacent to an activating group) is 1. The molecule has 0 aliphatic carbocycles. The third-order valence-electron chi connectivity index (χ3n) is 11.4. The van der Waals surface area contributed by atoms with Crippen LogP contribution >= 0.6 is 0 Å². The Morgan fingerprint density at radius 2 is 0.857 bits per heavy atom. The Hall–Kier alpha value is -2.49. The lowest BCUT2D eigenvalue weighted by Crippen LogP contribution is -2.44. The molecule has 0 saturated heterocycles. The quantitative estimate of drug-likeness (QED) is 0.0195. The van der Waals surface area contributed by atoms with Crippen molar-refractivity contribution >= 4 is 17.9 Å². The Morgan fingerprint density at radius 1 is 0.476 bits per heavy atom. The summed E-state index contributed by atoms with van der Waals surface area (Å²) in [7, 11) is 5.91. The summed E-state index contributed by atoms with van der Waals surface area (Å²) >= 11 is 0. The summed E-state index contributed by atoms with van der Waals surface area (Å²) in [5.74, 6) is -2.28. The lowest BCUT2D eigenvalue weighted by Gasteiger charge is -2.26. The van der Waals surface area contributed by atoms with Crippen LogP contribution in [0, 0.1) is 0 Å². The number of carbonyl (C=O) groups excluding carboxylic acids is 3. The van der Waals surface area contributed by atoms with Crippen LogP contribution in [0.1, 0.15) is 232 Å². The van der Waals surface area contributed by atoms with Gasteiger partial charge < -0.3 is 33.3 Å². The fourth-order valence-electron chi connectivity index (χ4n) is 7.31. The number of nitrogens with zero attached hydrogens (tertiary/aromatic N) is 1. The van der Waals surface area contributed by atoms with Gasteiger partial charge in [-0.1, -0.05) is 204 Å². The molecule has 9 heteroatoms. The number of carbonyl (C=O) groups is 3. The zero-order valence-electron chi connectivity index (χ0n) is 41.7. The number of carboxylic acids is 1. The van der Waals surface area contributed by atoms with Crippen molar-refractivity contribution in [2.75, 3.05) is 47.5 Å². The van der Waals surface area contributed by atoms with Crippen molar-refractivity contribution in [3.05, 3.63) is 36.5 Å². The summed E-state index contributed by atoms with van der Waals surface area (Å²) < 4.78 is 22.6. The van der Waals surface area contributed by atoms with Crippen LogP contribution in [-0.2, 0) is 33.3 Å². The maximum absolute atomic E-state index is 12.8. The number of aliphatic carboxylic acids is 1. The first-order valence-corrected chi connectivity index (χ1v) is 26.1. The molecule has 0 heterocycles. The molecule has 0 N–H and O–H groups in total. The molecule has 0 aromatic carbocycles. The van der Waals surface area contributed by atoms with Gasteiger partial charge in [-0.25, -0.2) is 0 Å². The molecule has 0 rings (SSSR count). The minimum atomic E-state index is -1.62. The summed E-state index contributed by atoms with van der Waals surface area (Å²) in [4.78, 5) is 37.1. The van der Waals surface area contributed by atoms with E-state index >= 15 is 0 Å². The zero-order valence-corrected chi connectivity index (χ0v) is 41.7. The highest BCUT2D eigenvalue weighted by Crippen LogP contribution is 2.15. The van der Waals surface area contributed by atoms with Crippen LogP contribution in [0.2, 0.25) is 0 Å². The van der Waals surface area contributed by atoms with E-state index in [-0.39, 0.29) is 32.2 Å². The summed E-state index contributed by atoms with van der Waals surface area (Å²) in [6.07, 6.45) is 50.4. The first-order valence-electron chi connectivity index (χ1n) is 26.1. The van der Waals surface area contributed by atoms with E-state index in [1.807, 2.05) is 21.1 Å². The van der Waals surface area contributed by atoms with E-state index in [9.17, 15) is 19.5 Å². The van der Waals surface area contributed by atoms with Crippen LogP contribution in [0.25, 0.3) is 0 Å². The van der Waals surface area contributed by atoms with Gasteiger partial charge in [0.25, 0.3) is 0 Å². The number of hydrogen-bond donors (Lipinski definition) is 0. The number of rotatable bonds is 48. The van der Waals surface area contributed by atoms with Crippen molar-refractivity contribution in [1.82, 2.24) is 0 Å². The van der Waals surface area contributed by atoms with Crippen LogP contribution < -0.4 is 5.11 Å². The number of unbranched alkanes of at least 4 members (excludes halogenated alkanes) is 27. The maximum Gasteiger partial charge on any atom is 0.306 e. The van der Waals surface area contributed by atoms with Gasteiger partial charge in [0, 0.05) is 12.8 Å². The molecule has 2 atom stereocenters. The molecule has 63 heavy (non-hydrogen) atoms. The molecular weight excluding hydrogens is 791 g/mol. The first kappa shape index (κ1) is 60.5. The largest absolute Gasteiger partial charge is 0.545 e. The van der Waals surface area contributed by atoms with Gasteiger partial charge in [-0.15, -0.1) is 0 Å². The van der Waals surface area contributed by atoms with Crippen molar-refractivity contribution < 1.29 is 42.9 Å². The second-order valence-corrected chi connectivity index (χ2v) is 18.8. The molecule has 0 radical (unpaired) electrons. The van der Waals surface area contributed by atoms with Gasteiger partial charge in [-0.05, 0) is 51.4 Å². The molecule has 2 unspecified atom stereocenters. The predicted molar refractivity (Wildman–Crippen MR) is 260 cm³/mol. The van der Waals surface area contributed by atoms with E-state index in [4.69, 9.17) is 18.9 Å². The monoisotopic (exact) mass is 890 g/mol. The minimum Gasteiger partial charge on any atom is -0.545 e. The third kappa shape index (κ3) is 47.3. The predicted octanol–water partition coefficient (Wildman–Crippen LogP) is 13.2. The summed E-state index contributed by atoms with van der Waals surface area (Å²) in [5, 5.41) is 11.7. The van der Waals surface area contributed by atoms with Crippen LogP contribution in [0.4, 0.5) is 0 Å². The van der Waals surface area contributed by atoms with E-state index in [1.165, 1.54) is 148 Å². The first-order chi connectivity index (χ1) is 30.6. The lowest BCUT2D eigenvalue weighted by molar-refractivity contribution is -0.870. The van der Waals surface area contributed by atoms with Gasteiger partial charge in [0.2, 0.25) is 0 Å². The Kier molecular flexibility index (Phi) is 44.2. The van der Waals surface area contributed by atoms with Crippen molar-refractivity contribution in [3.8, 4) is 0 Å². The average molecular weight is 890 g/mol. The number of esters is 2. The molecule has 0 aromatic heterocycles. The van der Waals surface area contributed by atoms with Crippen LogP contribution in [0.5, 0.6) is 0 Å². The second-order valence-electron chi connectivity index (χ2n) is 18.8. The lowest BCUT2D eigenvalue weighted by atomic mass is 10.0. The number of hydrogen-bond acceptors (Lipinski definition) is 8. The van der Waals surface area contributed by atoms with Crippen molar-refractivity contribution in [2.24, 2.45) is 0 Å². The molecule has 0 saturated carbocycles. The van der Waals surface area contributed by atoms with Crippen LogP contribution in [0.15, 0.2) is 36.5 Å². The van der Waals surface area contributed by atoms with E-state index in [2.05, 4.69) is 50.3 Å². The van der Waals surface area contributed by atoms with Crippen molar-refractivity contribution in [2.45, 2.75) is 245 Å². The van der Waals surface area contributed by atoms with E-state index in [0.29, 0.717) is 23.9 Å². The Balaban J connectivity index is 4.20. The van der Waals surface area contributed by atoms with Gasteiger partial charge in [-0.3, -0.25) is 9.59 Å². The number of quaternary nitrogens is 1. The fourth-order valence-corrected chi connectivity index (χ4v) is 7.31. The standard InChI is InChI=1S/C54H99NO8/c1-6-8-10-12-14-16-18-19-20-21-22-23-24-25-26-27-28-29-30-31-32-33-35-37-39-41-43-45-52(57)63-50(49-62-54(53(58)59)60-47-46-55(3,4)5)48-61-51(56)44-42-40-38-36-34-17-15-13-11-9-7-2/h18-19,21-22,24-25,50,54H,6-17,20,23,26-49H2,1-5H3/b19-18-,22-21-,25-24-. The highest BCUT2D eigenvalue weighted by molar-refractivity contribution is 5.70. The smallest absolute Gasteiger partial charge is 0.306 e. The molecule has 0 spiro atoms. The Labute approximate surface area is 388 Å². The normalized spacial score (nSPS) is 13.1. The van der Waals surface area contributed by atoms with E-state index in [1.54, 1.807) is 0 Å². The molecule has 0 amide bonds. The number of carboxylic acid groups (broad SMARTS) is 1. The topological polar surface area (TPSA) is 111 Å². The second kappa shape index (κ2) is 46.1. The SMILES string of the molecule is CCCCCCC/C=C\C/C=C\C/C=C\CCCCCCCCCCCCCCC(=O)OC(COC(=O)CCCCCCCCCCCCC)COC(OCC[N+](C)(C)C)C(=O)[O-]. The van der Waals surface area contributed by atoms with Gasteiger partial charge in [0.15, 0.2) is 12.4 Å². The van der Waals surface area contributed by atoms with Gasteiger partial charge in [-0.2, -0.15) is 0 Å². The Bertz CT molecular complexity index is 1130. The number of allylic oxidation sites excluding steroid dienone is 6. The summed E-state index contributed by atoms with van der Waals surface area (Å²) in [5.41, 5.74) is 0. The summed E-state index contributed by atoms with van der Waals surface area (Å²) in [6, 6.07) is 0. The molecular formula is C54H99NO8. The highest BCUT2D eigenvalue weighted by atomic mass is 16.7. The molecule has 0 fully saturated rings. The molecule has 0 aliphatic heterocycles. The van der Waals surface area contributed by atoms with Gasteiger partial charge >= 0.3 is 11.9 Å². The van der Waals surface area contributed by atoms with E-state index in [0.717, 1.165) is 51.4 Å². The molecule has 0 bridgehead atoms. The van der Waals surface area contributed by atoms with Gasteiger partial charge in [0.1, 0.15) is 13.2 Å². The van der Waals surface area contributed by atoms with Crippen LogP contribution in [-0.4, -0.2) is 82.3 Å². The molecule has 9 nitrogen and oxygen atoms in total. The molecule has 0 aromatic rings. The Morgan fingerprint density at radius 3 is 1.27 bits per heavy atom.